The summed E-state index contributed by atoms with van der Waals surface area (Å²) in [5.74, 6) is 0. The second-order valence-corrected chi connectivity index (χ2v) is 4.94. The van der Waals surface area contributed by atoms with E-state index in [1.165, 1.54) is 18.5 Å². The Bertz CT molecular complexity index is 323. The summed E-state index contributed by atoms with van der Waals surface area (Å²) in [7, 11) is 0. The molecule has 17 heavy (non-hydrogen) atoms. The molecule has 1 N–H and O–H groups in total. The quantitative estimate of drug-likeness (QED) is 0.857. The normalized spacial score (nSPS) is 26.0. The second-order valence-electron chi connectivity index (χ2n) is 4.94. The number of rotatable bonds is 4. The van der Waals surface area contributed by atoms with Crippen LogP contribution in [0.3, 0.4) is 0 Å². The zero-order chi connectivity index (χ0) is 12.1. The molecule has 2 unspecified atom stereocenters. The number of piperazine rings is 1. The Morgan fingerprint density at radius 1 is 1.24 bits per heavy atom. The summed E-state index contributed by atoms with van der Waals surface area (Å²) in [5.41, 5.74) is 1.45. The van der Waals surface area contributed by atoms with Gasteiger partial charge in [0.1, 0.15) is 0 Å². The largest absolute Gasteiger partial charge is 0.311 e. The van der Waals surface area contributed by atoms with Crippen LogP contribution in [0.15, 0.2) is 30.3 Å². The maximum atomic E-state index is 3.66. The molecule has 2 heteroatoms. The number of nitrogens with zero attached hydrogens (tertiary/aromatic N) is 1. The maximum absolute atomic E-state index is 3.66. The molecule has 0 spiro atoms. The first-order valence-electron chi connectivity index (χ1n) is 6.84. The van der Waals surface area contributed by atoms with Crippen LogP contribution in [0.2, 0.25) is 0 Å². The summed E-state index contributed by atoms with van der Waals surface area (Å²) in [6.45, 7) is 8.03. The molecule has 0 amide bonds. The van der Waals surface area contributed by atoms with Crippen LogP contribution in [-0.2, 0) is 6.42 Å². The molecule has 0 bridgehead atoms. The Hall–Kier alpha value is -0.860. The van der Waals surface area contributed by atoms with Crippen LogP contribution in [0.1, 0.15) is 25.8 Å². The average molecular weight is 232 g/mol. The van der Waals surface area contributed by atoms with E-state index in [-0.39, 0.29) is 0 Å². The van der Waals surface area contributed by atoms with Gasteiger partial charge in [0, 0.05) is 25.2 Å². The fourth-order valence-corrected chi connectivity index (χ4v) is 2.68. The molecule has 0 saturated carbocycles. The second kappa shape index (κ2) is 6.18. The molecule has 2 atom stereocenters. The Balaban J connectivity index is 1.96. The van der Waals surface area contributed by atoms with Crippen molar-refractivity contribution in [1.82, 2.24) is 10.2 Å². The fraction of sp³-hybridized carbons (Fsp3) is 0.600. The molecule has 0 aromatic heterocycles. The van der Waals surface area contributed by atoms with Gasteiger partial charge in [-0.1, -0.05) is 44.2 Å². The summed E-state index contributed by atoms with van der Waals surface area (Å²) in [6, 6.07) is 12.2. The molecule has 2 rings (SSSR count). The Morgan fingerprint density at radius 3 is 2.65 bits per heavy atom. The molecule has 1 aromatic rings. The van der Waals surface area contributed by atoms with E-state index in [0.717, 1.165) is 19.5 Å². The van der Waals surface area contributed by atoms with Gasteiger partial charge in [0.15, 0.2) is 0 Å². The summed E-state index contributed by atoms with van der Waals surface area (Å²) in [5, 5.41) is 3.66. The summed E-state index contributed by atoms with van der Waals surface area (Å²) >= 11 is 0. The van der Waals surface area contributed by atoms with E-state index in [4.69, 9.17) is 0 Å². The number of likely N-dealkylation sites (N-methyl/N-ethyl adjacent to an activating group) is 1. The van der Waals surface area contributed by atoms with Crippen molar-refractivity contribution in [3.8, 4) is 0 Å². The number of hydrogen-bond acceptors (Lipinski definition) is 2. The molecule has 1 heterocycles. The Labute approximate surface area is 105 Å². The number of nitrogens with one attached hydrogen (secondary N) is 1. The molecule has 1 aliphatic rings. The van der Waals surface area contributed by atoms with Crippen LogP contribution in [0.5, 0.6) is 0 Å². The van der Waals surface area contributed by atoms with E-state index in [1.807, 2.05) is 0 Å². The Kier molecular flexibility index (Phi) is 4.57. The third kappa shape index (κ3) is 3.30. The molecule has 1 saturated heterocycles. The minimum Gasteiger partial charge on any atom is -0.311 e. The van der Waals surface area contributed by atoms with Gasteiger partial charge in [-0.2, -0.15) is 0 Å². The molecule has 2 nitrogen and oxygen atoms in total. The number of benzene rings is 1. The summed E-state index contributed by atoms with van der Waals surface area (Å²) < 4.78 is 0. The summed E-state index contributed by atoms with van der Waals surface area (Å²) in [6.07, 6.45) is 2.40. The van der Waals surface area contributed by atoms with Crippen molar-refractivity contribution in [1.29, 1.82) is 0 Å². The highest BCUT2D eigenvalue weighted by Gasteiger charge is 2.25. The van der Waals surface area contributed by atoms with Gasteiger partial charge in [-0.15, -0.1) is 0 Å². The van der Waals surface area contributed by atoms with Crippen molar-refractivity contribution in [2.45, 2.75) is 38.8 Å². The zero-order valence-electron chi connectivity index (χ0n) is 11.0. The molecule has 0 radical (unpaired) electrons. The lowest BCUT2D eigenvalue weighted by molar-refractivity contribution is 0.134. The van der Waals surface area contributed by atoms with Gasteiger partial charge in [0.25, 0.3) is 0 Å². The van der Waals surface area contributed by atoms with E-state index < -0.39 is 0 Å². The zero-order valence-corrected chi connectivity index (χ0v) is 11.0. The highest BCUT2D eigenvalue weighted by atomic mass is 15.2. The van der Waals surface area contributed by atoms with Gasteiger partial charge in [0.2, 0.25) is 0 Å². The van der Waals surface area contributed by atoms with E-state index in [9.17, 15) is 0 Å². The lowest BCUT2D eigenvalue weighted by atomic mass is 10.0. The van der Waals surface area contributed by atoms with E-state index in [2.05, 4.69) is 54.4 Å². The van der Waals surface area contributed by atoms with E-state index in [0.29, 0.717) is 12.1 Å². The van der Waals surface area contributed by atoms with Crippen LogP contribution in [-0.4, -0.2) is 36.6 Å². The molecular formula is C15H24N2. The number of hydrogen-bond donors (Lipinski definition) is 1. The van der Waals surface area contributed by atoms with Gasteiger partial charge in [-0.25, -0.2) is 0 Å². The van der Waals surface area contributed by atoms with Gasteiger partial charge in [0.05, 0.1) is 0 Å². The molecular weight excluding hydrogens is 208 g/mol. The lowest BCUT2D eigenvalue weighted by Crippen LogP contribution is -2.56. The predicted octanol–water partition coefficient (Wildman–Crippen LogP) is 2.30. The van der Waals surface area contributed by atoms with Gasteiger partial charge >= 0.3 is 0 Å². The molecule has 1 aromatic carbocycles. The first-order valence-corrected chi connectivity index (χ1v) is 6.84. The van der Waals surface area contributed by atoms with Crippen molar-refractivity contribution >= 4 is 0 Å². The van der Waals surface area contributed by atoms with Gasteiger partial charge < -0.3 is 5.32 Å². The lowest BCUT2D eigenvalue weighted by Gasteiger charge is -2.39. The smallest absolute Gasteiger partial charge is 0.0261 e. The first-order chi connectivity index (χ1) is 8.33. The van der Waals surface area contributed by atoms with Crippen molar-refractivity contribution in [2.75, 3.05) is 19.6 Å². The average Bonchev–Trinajstić information content (AvgIpc) is 2.40. The van der Waals surface area contributed by atoms with Crippen LogP contribution < -0.4 is 5.32 Å². The third-order valence-electron chi connectivity index (χ3n) is 3.83. The topological polar surface area (TPSA) is 15.3 Å². The highest BCUT2D eigenvalue weighted by Crippen LogP contribution is 2.13. The van der Waals surface area contributed by atoms with Crippen LogP contribution in [0.25, 0.3) is 0 Å². The third-order valence-corrected chi connectivity index (χ3v) is 3.83. The van der Waals surface area contributed by atoms with E-state index in [1.54, 1.807) is 0 Å². The molecule has 94 valence electrons. The van der Waals surface area contributed by atoms with Crippen LogP contribution >= 0.6 is 0 Å². The maximum Gasteiger partial charge on any atom is 0.0261 e. The van der Waals surface area contributed by atoms with Crippen molar-refractivity contribution in [3.05, 3.63) is 35.9 Å². The van der Waals surface area contributed by atoms with Gasteiger partial charge in [-0.05, 0) is 24.9 Å². The van der Waals surface area contributed by atoms with Crippen molar-refractivity contribution in [3.63, 3.8) is 0 Å². The minimum atomic E-state index is 0.658. The van der Waals surface area contributed by atoms with E-state index >= 15 is 0 Å². The molecule has 0 aliphatic carbocycles. The van der Waals surface area contributed by atoms with Crippen molar-refractivity contribution in [2.24, 2.45) is 0 Å². The van der Waals surface area contributed by atoms with Crippen molar-refractivity contribution < 1.29 is 0 Å². The highest BCUT2D eigenvalue weighted by molar-refractivity contribution is 5.16. The molecule has 1 fully saturated rings. The molecule has 1 aliphatic heterocycles. The Morgan fingerprint density at radius 2 is 2.00 bits per heavy atom. The van der Waals surface area contributed by atoms with Crippen LogP contribution in [0, 0.1) is 0 Å². The standard InChI is InChI=1S/C15H24N2/c1-3-14-12-17(4-2)15(11-16-14)10-13-8-6-5-7-9-13/h5-9,14-16H,3-4,10-12H2,1-2H3. The van der Waals surface area contributed by atoms with Gasteiger partial charge in [-0.3, -0.25) is 4.90 Å². The van der Waals surface area contributed by atoms with Crippen LogP contribution in [0.4, 0.5) is 0 Å². The minimum absolute atomic E-state index is 0.658. The first kappa shape index (κ1) is 12.6. The predicted molar refractivity (Wildman–Crippen MR) is 73.3 cm³/mol. The SMILES string of the molecule is CCC1CN(CC)C(Cc2ccccc2)CN1. The monoisotopic (exact) mass is 232 g/mol. The fourth-order valence-electron chi connectivity index (χ4n) is 2.68. The summed E-state index contributed by atoms with van der Waals surface area (Å²) in [4.78, 5) is 2.62.